The number of hydrogen-bond acceptors (Lipinski definition) is 2. The molecule has 0 spiro atoms. The zero-order valence-electron chi connectivity index (χ0n) is 8.90. The van der Waals surface area contributed by atoms with Crippen molar-refractivity contribution in [1.82, 2.24) is 9.78 Å². The smallest absolute Gasteiger partial charge is 0.161 e. The van der Waals surface area contributed by atoms with Crippen molar-refractivity contribution in [1.29, 1.82) is 0 Å². The van der Waals surface area contributed by atoms with E-state index in [2.05, 4.69) is 18.9 Å². The first-order valence-corrected chi connectivity index (χ1v) is 4.83. The number of carbonyl (C=O) groups is 1. The number of aromatic nitrogens is 2. The van der Waals surface area contributed by atoms with Crippen LogP contribution < -0.4 is 0 Å². The molecule has 3 nitrogen and oxygen atoms in total. The fourth-order valence-electron chi connectivity index (χ4n) is 1.18. The molecule has 0 N–H and O–H groups in total. The summed E-state index contributed by atoms with van der Waals surface area (Å²) in [5.41, 5.74) is 0.835. The van der Waals surface area contributed by atoms with Gasteiger partial charge in [0.05, 0.1) is 12.1 Å². The summed E-state index contributed by atoms with van der Waals surface area (Å²) in [6.45, 7) is 5.96. The van der Waals surface area contributed by atoms with Gasteiger partial charge in [0.15, 0.2) is 5.78 Å². The third kappa shape index (κ3) is 2.83. The Morgan fingerprint density at radius 2 is 2.36 bits per heavy atom. The molecule has 0 fully saturated rings. The first-order valence-electron chi connectivity index (χ1n) is 4.83. The van der Waals surface area contributed by atoms with Crippen molar-refractivity contribution < 1.29 is 4.79 Å². The van der Waals surface area contributed by atoms with Gasteiger partial charge in [0.1, 0.15) is 0 Å². The molecule has 1 heterocycles. The van der Waals surface area contributed by atoms with Gasteiger partial charge in [-0.05, 0) is 32.9 Å². The number of rotatable bonds is 4. The Bertz CT molecular complexity index is 337. The second-order valence-electron chi connectivity index (χ2n) is 3.52. The minimum atomic E-state index is 0.0986. The van der Waals surface area contributed by atoms with Crippen molar-refractivity contribution in [2.24, 2.45) is 0 Å². The quantitative estimate of drug-likeness (QED) is 0.685. The molecule has 1 aromatic rings. The van der Waals surface area contributed by atoms with E-state index in [4.69, 9.17) is 0 Å². The minimum Gasteiger partial charge on any atom is -0.294 e. The lowest BCUT2D eigenvalue weighted by Gasteiger charge is -2.03. The molecule has 0 radical (unpaired) electrons. The summed E-state index contributed by atoms with van der Waals surface area (Å²) in [5, 5.41) is 4.29. The van der Waals surface area contributed by atoms with Crippen LogP contribution >= 0.6 is 0 Å². The first-order chi connectivity index (χ1) is 6.63. The van der Waals surface area contributed by atoms with Crippen LogP contribution in [0.2, 0.25) is 0 Å². The molecule has 0 bridgehead atoms. The maximum absolute atomic E-state index is 11.3. The van der Waals surface area contributed by atoms with Gasteiger partial charge in [-0.1, -0.05) is 6.08 Å². The number of nitrogens with zero attached hydrogens (tertiary/aromatic N) is 2. The topological polar surface area (TPSA) is 34.9 Å². The maximum Gasteiger partial charge on any atom is 0.161 e. The van der Waals surface area contributed by atoms with Crippen LogP contribution in [-0.4, -0.2) is 15.6 Å². The first kappa shape index (κ1) is 10.7. The van der Waals surface area contributed by atoms with E-state index in [1.165, 1.54) is 0 Å². The van der Waals surface area contributed by atoms with Gasteiger partial charge in [-0.2, -0.15) is 5.10 Å². The van der Waals surface area contributed by atoms with Crippen LogP contribution in [0.4, 0.5) is 0 Å². The van der Waals surface area contributed by atoms with Crippen LogP contribution in [0.25, 0.3) is 0 Å². The maximum atomic E-state index is 11.3. The molecule has 0 saturated heterocycles. The van der Waals surface area contributed by atoms with Crippen molar-refractivity contribution in [2.75, 3.05) is 0 Å². The Labute approximate surface area is 84.4 Å². The summed E-state index contributed by atoms with van der Waals surface area (Å²) in [6, 6.07) is 2.24. The molecule has 0 saturated carbocycles. The highest BCUT2D eigenvalue weighted by molar-refractivity contribution is 5.90. The minimum absolute atomic E-state index is 0.0986. The Morgan fingerprint density at radius 3 is 2.86 bits per heavy atom. The number of carbonyl (C=O) groups excluding carboxylic acids is 1. The predicted octanol–water partition coefficient (Wildman–Crippen LogP) is 2.15. The average Bonchev–Trinajstić information content (AvgIpc) is 2.53. The molecule has 1 rings (SSSR count). The van der Waals surface area contributed by atoms with Crippen LogP contribution in [0.1, 0.15) is 32.5 Å². The van der Waals surface area contributed by atoms with Crippen molar-refractivity contribution in [2.45, 2.75) is 33.2 Å². The Kier molecular flexibility index (Phi) is 3.63. The monoisotopic (exact) mass is 192 g/mol. The molecule has 1 aromatic heterocycles. The van der Waals surface area contributed by atoms with Crippen LogP contribution in [0, 0.1) is 0 Å². The fraction of sp³-hybridized carbons (Fsp3) is 0.455. The molecular formula is C11H16N2O. The van der Waals surface area contributed by atoms with E-state index in [1.807, 2.05) is 23.9 Å². The van der Waals surface area contributed by atoms with Crippen molar-refractivity contribution in [3.8, 4) is 0 Å². The molecule has 0 aromatic carbocycles. The van der Waals surface area contributed by atoms with Crippen molar-refractivity contribution in [3.05, 3.63) is 30.1 Å². The second kappa shape index (κ2) is 4.74. The summed E-state index contributed by atoms with van der Waals surface area (Å²) < 4.78 is 1.86. The molecule has 3 heteroatoms. The lowest BCUT2D eigenvalue weighted by atomic mass is 10.2. The average molecular weight is 192 g/mol. The van der Waals surface area contributed by atoms with Crippen molar-refractivity contribution in [3.63, 3.8) is 0 Å². The highest BCUT2D eigenvalue weighted by Gasteiger charge is 2.04. The third-order valence-corrected chi connectivity index (χ3v) is 1.90. The standard InChI is InChI=1S/C11H16N2O/c1-4-5-11(14)8-10-6-7-13(12-10)9(2)3/h4-7,9H,8H2,1-3H3/b5-4+. The number of allylic oxidation sites excluding steroid dienone is 2. The summed E-state index contributed by atoms with van der Waals surface area (Å²) in [6.07, 6.45) is 5.63. The van der Waals surface area contributed by atoms with Crippen molar-refractivity contribution >= 4 is 5.78 Å². The zero-order chi connectivity index (χ0) is 10.6. The largest absolute Gasteiger partial charge is 0.294 e. The van der Waals surface area contributed by atoms with E-state index in [0.717, 1.165) is 5.69 Å². The van der Waals surface area contributed by atoms with Gasteiger partial charge in [-0.15, -0.1) is 0 Å². The Morgan fingerprint density at radius 1 is 1.64 bits per heavy atom. The molecule has 0 aliphatic heterocycles. The van der Waals surface area contributed by atoms with E-state index >= 15 is 0 Å². The normalized spacial score (nSPS) is 11.4. The lowest BCUT2D eigenvalue weighted by molar-refractivity contribution is -0.114. The predicted molar refractivity (Wildman–Crippen MR) is 56.1 cm³/mol. The van der Waals surface area contributed by atoms with E-state index < -0.39 is 0 Å². The molecular weight excluding hydrogens is 176 g/mol. The number of hydrogen-bond donors (Lipinski definition) is 0. The zero-order valence-corrected chi connectivity index (χ0v) is 8.90. The van der Waals surface area contributed by atoms with Gasteiger partial charge in [-0.3, -0.25) is 9.48 Å². The third-order valence-electron chi connectivity index (χ3n) is 1.90. The Balaban J connectivity index is 2.64. The van der Waals surface area contributed by atoms with Crippen LogP contribution in [-0.2, 0) is 11.2 Å². The molecule has 0 unspecified atom stereocenters. The summed E-state index contributed by atoms with van der Waals surface area (Å²) >= 11 is 0. The Hall–Kier alpha value is -1.38. The molecule has 76 valence electrons. The SMILES string of the molecule is C/C=C/C(=O)Cc1ccn(C(C)C)n1. The molecule has 0 amide bonds. The van der Waals surface area contributed by atoms with Gasteiger partial charge in [0.2, 0.25) is 0 Å². The van der Waals surface area contributed by atoms with Gasteiger partial charge in [0, 0.05) is 12.2 Å². The fourth-order valence-corrected chi connectivity index (χ4v) is 1.18. The molecule has 0 atom stereocenters. The van der Waals surface area contributed by atoms with E-state index in [1.54, 1.807) is 12.2 Å². The van der Waals surface area contributed by atoms with Gasteiger partial charge < -0.3 is 0 Å². The van der Waals surface area contributed by atoms with Gasteiger partial charge >= 0.3 is 0 Å². The van der Waals surface area contributed by atoms with Crippen LogP contribution in [0.3, 0.4) is 0 Å². The van der Waals surface area contributed by atoms with Gasteiger partial charge in [-0.25, -0.2) is 0 Å². The highest BCUT2D eigenvalue weighted by Crippen LogP contribution is 2.05. The summed E-state index contributed by atoms with van der Waals surface area (Å²) in [7, 11) is 0. The molecule has 14 heavy (non-hydrogen) atoms. The molecule has 0 aliphatic carbocycles. The van der Waals surface area contributed by atoms with Crippen LogP contribution in [0.5, 0.6) is 0 Å². The molecule has 0 aliphatic rings. The van der Waals surface area contributed by atoms with Gasteiger partial charge in [0.25, 0.3) is 0 Å². The van der Waals surface area contributed by atoms with Crippen LogP contribution in [0.15, 0.2) is 24.4 Å². The number of ketones is 1. The van der Waals surface area contributed by atoms with E-state index in [9.17, 15) is 4.79 Å². The second-order valence-corrected chi connectivity index (χ2v) is 3.52. The van der Waals surface area contributed by atoms with E-state index in [0.29, 0.717) is 12.5 Å². The van der Waals surface area contributed by atoms with E-state index in [-0.39, 0.29) is 5.78 Å². The lowest BCUT2D eigenvalue weighted by Crippen LogP contribution is -2.04. The summed E-state index contributed by atoms with van der Waals surface area (Å²) in [5.74, 6) is 0.0986. The summed E-state index contributed by atoms with van der Waals surface area (Å²) in [4.78, 5) is 11.3. The highest BCUT2D eigenvalue weighted by atomic mass is 16.1.